The molecule has 0 aliphatic heterocycles. The van der Waals surface area contributed by atoms with E-state index in [0.29, 0.717) is 11.1 Å². The van der Waals surface area contributed by atoms with Crippen molar-refractivity contribution >= 4 is 23.2 Å². The fraction of sp³-hybridized carbons (Fsp3) is 0.375. The number of amides is 2. The molecule has 0 saturated carbocycles. The van der Waals surface area contributed by atoms with Gasteiger partial charge in [-0.2, -0.15) is 0 Å². The highest BCUT2D eigenvalue weighted by Gasteiger charge is 2.21. The van der Waals surface area contributed by atoms with E-state index in [1.54, 1.807) is 29.2 Å². The Hall–Kier alpha value is -3.48. The van der Waals surface area contributed by atoms with Crippen molar-refractivity contribution in [2.45, 2.75) is 77.3 Å². The van der Waals surface area contributed by atoms with Crippen LogP contribution in [0.5, 0.6) is 0 Å². The molecule has 0 aliphatic rings. The largest absolute Gasteiger partial charge is 0.366 e. The molecule has 6 N–H and O–H groups in total. The Kier molecular flexibility index (Phi) is 11.1. The van der Waals surface area contributed by atoms with E-state index in [4.69, 9.17) is 17.2 Å². The molecule has 0 aliphatic carbocycles. The minimum Gasteiger partial charge on any atom is -0.366 e. The van der Waals surface area contributed by atoms with Crippen LogP contribution in [0.1, 0.15) is 84.2 Å². The number of carbonyl (C=O) groups excluding carboxylic acids is 2. The van der Waals surface area contributed by atoms with Crippen molar-refractivity contribution < 1.29 is 9.59 Å². The molecular formula is C32H42N4O2. The highest BCUT2D eigenvalue weighted by molar-refractivity contribution is 6.11. The number of nitrogens with zero attached hydrogens (tertiary/aromatic N) is 1. The van der Waals surface area contributed by atoms with Crippen molar-refractivity contribution in [3.63, 3.8) is 0 Å². The lowest BCUT2D eigenvalue weighted by Gasteiger charge is -2.24. The molecular weight excluding hydrogens is 472 g/mol. The normalized spacial score (nSPS) is 12.6. The first-order valence-electron chi connectivity index (χ1n) is 13.8. The molecule has 2 amide bonds. The molecule has 202 valence electrons. The van der Waals surface area contributed by atoms with Gasteiger partial charge in [0.05, 0.1) is 0 Å². The molecule has 0 saturated heterocycles. The van der Waals surface area contributed by atoms with Crippen LogP contribution in [0.2, 0.25) is 0 Å². The lowest BCUT2D eigenvalue weighted by molar-refractivity contribution is 0.0998. The Morgan fingerprint density at radius 2 is 1.16 bits per heavy atom. The third kappa shape index (κ3) is 8.27. The fourth-order valence-corrected chi connectivity index (χ4v) is 4.49. The number of carbonyl (C=O) groups is 2. The number of rotatable bonds is 14. The van der Waals surface area contributed by atoms with Gasteiger partial charge in [-0.25, -0.2) is 0 Å². The molecule has 2 atom stereocenters. The summed E-state index contributed by atoms with van der Waals surface area (Å²) in [4.78, 5) is 27.2. The predicted molar refractivity (Wildman–Crippen MR) is 157 cm³/mol. The first-order chi connectivity index (χ1) is 18.3. The Bertz CT molecular complexity index is 1120. The molecule has 0 radical (unpaired) electrons. The SMILES string of the molecule is CCC(N)CCCc1ccc(N(C(=O)c2cccc(C(N)=O)c2)c2ccc(CCCC(N)CC)cc2)cc1. The second kappa shape index (κ2) is 14.5. The number of anilines is 2. The van der Waals surface area contributed by atoms with Crippen molar-refractivity contribution in [3.05, 3.63) is 95.1 Å². The summed E-state index contributed by atoms with van der Waals surface area (Å²) < 4.78 is 0. The maximum Gasteiger partial charge on any atom is 0.262 e. The Morgan fingerprint density at radius 1 is 0.711 bits per heavy atom. The zero-order valence-corrected chi connectivity index (χ0v) is 22.7. The summed E-state index contributed by atoms with van der Waals surface area (Å²) in [7, 11) is 0. The second-order valence-electron chi connectivity index (χ2n) is 10.0. The Labute approximate surface area is 227 Å². The first kappa shape index (κ1) is 29.1. The summed E-state index contributed by atoms with van der Waals surface area (Å²) in [5.41, 5.74) is 22.2. The molecule has 6 nitrogen and oxygen atoms in total. The topological polar surface area (TPSA) is 115 Å². The fourth-order valence-electron chi connectivity index (χ4n) is 4.49. The van der Waals surface area contributed by atoms with Gasteiger partial charge in [-0.15, -0.1) is 0 Å². The van der Waals surface area contributed by atoms with E-state index >= 15 is 0 Å². The number of aryl methyl sites for hydroxylation is 2. The van der Waals surface area contributed by atoms with Crippen LogP contribution in [0.4, 0.5) is 11.4 Å². The molecule has 0 spiro atoms. The lowest BCUT2D eigenvalue weighted by atomic mass is 10.0. The van der Waals surface area contributed by atoms with Gasteiger partial charge in [0, 0.05) is 34.6 Å². The monoisotopic (exact) mass is 514 g/mol. The van der Waals surface area contributed by atoms with Crippen molar-refractivity contribution in [1.82, 2.24) is 0 Å². The maximum absolute atomic E-state index is 13.8. The van der Waals surface area contributed by atoms with E-state index in [9.17, 15) is 9.59 Å². The summed E-state index contributed by atoms with van der Waals surface area (Å²) in [6, 6.07) is 23.2. The average molecular weight is 515 g/mol. The summed E-state index contributed by atoms with van der Waals surface area (Å²) in [6.07, 6.45) is 7.91. The van der Waals surface area contributed by atoms with E-state index in [-0.39, 0.29) is 18.0 Å². The number of hydrogen-bond donors (Lipinski definition) is 3. The number of nitrogens with two attached hydrogens (primary N) is 3. The summed E-state index contributed by atoms with van der Waals surface area (Å²) >= 11 is 0. The van der Waals surface area contributed by atoms with Crippen molar-refractivity contribution in [2.75, 3.05) is 4.90 Å². The van der Waals surface area contributed by atoms with Crippen LogP contribution < -0.4 is 22.1 Å². The molecule has 3 aromatic rings. The molecule has 0 aromatic heterocycles. The van der Waals surface area contributed by atoms with Gasteiger partial charge < -0.3 is 17.2 Å². The van der Waals surface area contributed by atoms with E-state index in [2.05, 4.69) is 38.1 Å². The summed E-state index contributed by atoms with van der Waals surface area (Å²) in [6.45, 7) is 4.22. The van der Waals surface area contributed by atoms with Crippen molar-refractivity contribution in [3.8, 4) is 0 Å². The molecule has 0 bridgehead atoms. The van der Waals surface area contributed by atoms with Crippen LogP contribution >= 0.6 is 0 Å². The molecule has 38 heavy (non-hydrogen) atoms. The standard InChI is InChI=1S/C32H42N4O2/c1-3-27(33)12-5-8-23-14-18-29(19-15-23)36(32(38)26-11-7-10-25(22-26)31(35)37)30-20-16-24(17-21-30)9-6-13-28(34)4-2/h7,10-11,14-22,27-28H,3-6,8-9,12-13,33-34H2,1-2H3,(H2,35,37). The Balaban J connectivity index is 1.85. The highest BCUT2D eigenvalue weighted by Crippen LogP contribution is 2.29. The molecule has 2 unspecified atom stereocenters. The first-order valence-corrected chi connectivity index (χ1v) is 13.8. The van der Waals surface area contributed by atoms with E-state index in [0.717, 1.165) is 62.7 Å². The summed E-state index contributed by atoms with van der Waals surface area (Å²) in [5.74, 6) is -0.790. The molecule has 3 rings (SSSR count). The molecule has 3 aromatic carbocycles. The Morgan fingerprint density at radius 3 is 1.58 bits per heavy atom. The van der Waals surface area contributed by atoms with Gasteiger partial charge in [-0.1, -0.05) is 44.2 Å². The van der Waals surface area contributed by atoms with Crippen LogP contribution in [0.3, 0.4) is 0 Å². The second-order valence-corrected chi connectivity index (χ2v) is 10.0. The number of primary amides is 1. The van der Waals surface area contributed by atoms with Crippen molar-refractivity contribution in [1.29, 1.82) is 0 Å². The van der Waals surface area contributed by atoms with Crippen LogP contribution in [0.25, 0.3) is 0 Å². The smallest absolute Gasteiger partial charge is 0.262 e. The lowest BCUT2D eigenvalue weighted by Crippen LogP contribution is -2.26. The zero-order valence-electron chi connectivity index (χ0n) is 22.7. The van der Waals surface area contributed by atoms with Gasteiger partial charge in [0.1, 0.15) is 0 Å². The van der Waals surface area contributed by atoms with Gasteiger partial charge in [-0.05, 0) is 105 Å². The number of benzene rings is 3. The quantitative estimate of drug-likeness (QED) is 0.249. The maximum atomic E-state index is 13.8. The van der Waals surface area contributed by atoms with Crippen LogP contribution in [-0.2, 0) is 12.8 Å². The minimum atomic E-state index is -0.564. The minimum absolute atomic E-state index is 0.226. The van der Waals surface area contributed by atoms with Gasteiger partial charge in [-0.3, -0.25) is 14.5 Å². The van der Waals surface area contributed by atoms with Gasteiger partial charge in [0.15, 0.2) is 0 Å². The summed E-state index contributed by atoms with van der Waals surface area (Å²) in [5, 5.41) is 0. The van der Waals surface area contributed by atoms with E-state index < -0.39 is 5.91 Å². The van der Waals surface area contributed by atoms with E-state index in [1.165, 1.54) is 11.1 Å². The third-order valence-corrected chi connectivity index (χ3v) is 7.12. The molecule has 0 fully saturated rings. The van der Waals surface area contributed by atoms with Crippen LogP contribution in [-0.4, -0.2) is 23.9 Å². The highest BCUT2D eigenvalue weighted by atomic mass is 16.2. The van der Waals surface area contributed by atoms with Gasteiger partial charge in [0.25, 0.3) is 5.91 Å². The molecule has 6 heteroatoms. The van der Waals surface area contributed by atoms with Crippen LogP contribution in [0.15, 0.2) is 72.8 Å². The predicted octanol–water partition coefficient (Wildman–Crippen LogP) is 5.88. The third-order valence-electron chi connectivity index (χ3n) is 7.12. The van der Waals surface area contributed by atoms with Crippen LogP contribution in [0, 0.1) is 0 Å². The molecule has 0 heterocycles. The number of hydrogen-bond acceptors (Lipinski definition) is 4. The van der Waals surface area contributed by atoms with Gasteiger partial charge >= 0.3 is 0 Å². The zero-order chi connectivity index (χ0) is 27.5. The van der Waals surface area contributed by atoms with Crippen molar-refractivity contribution in [2.24, 2.45) is 17.2 Å². The van der Waals surface area contributed by atoms with Gasteiger partial charge in [0.2, 0.25) is 5.91 Å². The van der Waals surface area contributed by atoms with E-state index in [1.807, 2.05) is 24.3 Å². The average Bonchev–Trinajstić information content (AvgIpc) is 2.94.